The molecule has 0 N–H and O–H groups in total. The van der Waals surface area contributed by atoms with Gasteiger partial charge in [0.25, 0.3) is 0 Å². The summed E-state index contributed by atoms with van der Waals surface area (Å²) in [5, 5.41) is 0. The van der Waals surface area contributed by atoms with Crippen molar-refractivity contribution >= 4 is 16.9 Å². The highest BCUT2D eigenvalue weighted by atomic mass is 15.2. The van der Waals surface area contributed by atoms with E-state index in [9.17, 15) is 0 Å². The Morgan fingerprint density at radius 3 is 1.84 bits per heavy atom. The molecule has 62 heavy (non-hydrogen) atoms. The Morgan fingerprint density at radius 1 is 0.500 bits per heavy atom. The molecule has 0 spiro atoms. The number of hydrogen-bond acceptors (Lipinski definition) is 1. The first-order valence-corrected chi connectivity index (χ1v) is 22.4. The number of anilines is 2. The average molecular weight is 802 g/mol. The summed E-state index contributed by atoms with van der Waals surface area (Å²) in [4.78, 5) is 2.55. The van der Waals surface area contributed by atoms with Crippen molar-refractivity contribution < 1.29 is 0 Å². The summed E-state index contributed by atoms with van der Waals surface area (Å²) in [5.74, 6) is 1.03. The van der Waals surface area contributed by atoms with Crippen molar-refractivity contribution in [3.63, 3.8) is 0 Å². The van der Waals surface area contributed by atoms with Crippen LogP contribution in [-0.2, 0) is 10.8 Å². The molecule has 0 saturated carbocycles. The lowest BCUT2D eigenvalue weighted by Gasteiger charge is -2.33. The maximum absolute atomic E-state index is 2.55. The minimum Gasteiger partial charge on any atom is -0.333 e. The molecular weight excluding hydrogens is 747 g/mol. The molecule has 0 bridgehead atoms. The number of hydrogen-bond donors (Lipinski definition) is 0. The molecule has 0 radical (unpaired) electrons. The fourth-order valence-corrected chi connectivity index (χ4v) is 11.1. The van der Waals surface area contributed by atoms with E-state index < -0.39 is 0 Å². The van der Waals surface area contributed by atoms with Crippen molar-refractivity contribution in [3.8, 4) is 11.1 Å². The standard InChI is InChI=1S/C28H27N.C26H20.C7H8/c1-18-12-14-20-21-15-13-19(17-25(21)28(2,3)24(20)16-18)29-26-10-6-4-8-22(26)23-9-5-7-11-27(23)29;1-19-16-17-25-23(18-19)22-14-8-9-15-24(22)26(25,20-10-4-2-5-11-20)21-12-6-3-7-13-21;1-7-5-3-2-4-6-7/h4-15,17,22,24,26H,16H2,1-3H3;2-18H,1H3;2-6H,1H3. The highest BCUT2D eigenvalue weighted by Crippen LogP contribution is 2.57. The van der Waals surface area contributed by atoms with E-state index in [1.807, 2.05) is 18.2 Å². The van der Waals surface area contributed by atoms with Gasteiger partial charge in [-0.2, -0.15) is 0 Å². The molecule has 7 aromatic rings. The number of rotatable bonds is 3. The maximum Gasteiger partial charge on any atom is 0.0713 e. The molecule has 7 aromatic carbocycles. The number of para-hydroxylation sites is 1. The Balaban J connectivity index is 0.000000129. The molecule has 3 atom stereocenters. The molecule has 304 valence electrons. The molecule has 0 aromatic heterocycles. The monoisotopic (exact) mass is 801 g/mol. The lowest BCUT2D eigenvalue weighted by atomic mass is 9.68. The van der Waals surface area contributed by atoms with Crippen molar-refractivity contribution in [1.29, 1.82) is 0 Å². The fourth-order valence-electron chi connectivity index (χ4n) is 11.1. The topological polar surface area (TPSA) is 3.24 Å². The largest absolute Gasteiger partial charge is 0.333 e. The fraction of sp³-hybridized carbons (Fsp3) is 0.180. The van der Waals surface area contributed by atoms with Crippen LogP contribution in [-0.4, -0.2) is 6.04 Å². The molecule has 1 nitrogen and oxygen atoms in total. The molecule has 1 aliphatic heterocycles. The van der Waals surface area contributed by atoms with Gasteiger partial charge >= 0.3 is 0 Å². The Hall–Kier alpha value is -6.70. The van der Waals surface area contributed by atoms with E-state index in [0.717, 1.165) is 0 Å². The Labute approximate surface area is 369 Å². The normalized spacial score (nSPS) is 19.8. The second-order valence-electron chi connectivity index (χ2n) is 18.3. The van der Waals surface area contributed by atoms with E-state index >= 15 is 0 Å². The van der Waals surface area contributed by atoms with Gasteiger partial charge in [-0.3, -0.25) is 0 Å². The van der Waals surface area contributed by atoms with Crippen LogP contribution >= 0.6 is 0 Å². The van der Waals surface area contributed by atoms with Crippen LogP contribution in [0.1, 0.15) is 83.2 Å². The van der Waals surface area contributed by atoms with Crippen LogP contribution in [0.25, 0.3) is 16.7 Å². The van der Waals surface area contributed by atoms with Crippen molar-refractivity contribution in [2.45, 2.75) is 63.8 Å². The third-order valence-corrected chi connectivity index (χ3v) is 14.1. The van der Waals surface area contributed by atoms with Gasteiger partial charge in [0.15, 0.2) is 0 Å². The van der Waals surface area contributed by atoms with E-state index in [1.165, 1.54) is 90.1 Å². The van der Waals surface area contributed by atoms with Crippen LogP contribution in [0.5, 0.6) is 0 Å². The van der Waals surface area contributed by atoms with E-state index in [2.05, 4.69) is 234 Å². The number of aryl methyl sites for hydroxylation is 2. The molecule has 3 unspecified atom stereocenters. The average Bonchev–Trinajstić information content (AvgIpc) is 3.88. The van der Waals surface area contributed by atoms with Gasteiger partial charge in [0.2, 0.25) is 0 Å². The zero-order valence-electron chi connectivity index (χ0n) is 36.6. The van der Waals surface area contributed by atoms with Gasteiger partial charge in [-0.1, -0.05) is 225 Å². The van der Waals surface area contributed by atoms with Gasteiger partial charge in [0, 0.05) is 17.3 Å². The summed E-state index contributed by atoms with van der Waals surface area (Å²) >= 11 is 0. The minimum atomic E-state index is -0.262. The third-order valence-electron chi connectivity index (χ3n) is 14.1. The highest BCUT2D eigenvalue weighted by molar-refractivity contribution is 5.87. The maximum atomic E-state index is 2.55. The smallest absolute Gasteiger partial charge is 0.0713 e. The molecule has 12 rings (SSSR count). The molecule has 4 aliphatic carbocycles. The summed E-state index contributed by atoms with van der Waals surface area (Å²) in [5.41, 5.74) is 20.7. The predicted octanol–water partition coefficient (Wildman–Crippen LogP) is 15.4. The number of fused-ring (bicyclic) bond motifs is 9. The molecule has 1 heteroatoms. The molecule has 1 heterocycles. The zero-order chi connectivity index (χ0) is 42.4. The van der Waals surface area contributed by atoms with Crippen LogP contribution in [0.4, 0.5) is 11.4 Å². The first kappa shape index (κ1) is 39.4. The highest BCUT2D eigenvalue weighted by Gasteiger charge is 2.47. The van der Waals surface area contributed by atoms with Crippen molar-refractivity contribution in [3.05, 3.63) is 268 Å². The van der Waals surface area contributed by atoms with Gasteiger partial charge in [0.05, 0.1) is 11.5 Å². The van der Waals surface area contributed by atoms with Crippen LogP contribution < -0.4 is 4.90 Å². The number of benzene rings is 7. The quantitative estimate of drug-likeness (QED) is 0.172. The summed E-state index contributed by atoms with van der Waals surface area (Å²) < 4.78 is 0. The van der Waals surface area contributed by atoms with E-state index in [4.69, 9.17) is 0 Å². The van der Waals surface area contributed by atoms with Gasteiger partial charge in [-0.05, 0) is 112 Å². The van der Waals surface area contributed by atoms with E-state index in [0.29, 0.717) is 17.9 Å². The summed E-state index contributed by atoms with van der Waals surface area (Å²) in [6, 6.07) is 64.4. The van der Waals surface area contributed by atoms with E-state index in [1.54, 1.807) is 0 Å². The van der Waals surface area contributed by atoms with Crippen LogP contribution in [0.3, 0.4) is 0 Å². The predicted molar refractivity (Wildman–Crippen MR) is 262 cm³/mol. The Kier molecular flexibility index (Phi) is 10.2. The molecule has 0 fully saturated rings. The molecular formula is C61H55N. The lowest BCUT2D eigenvalue weighted by Crippen LogP contribution is -2.29. The second kappa shape index (κ2) is 16.0. The number of nitrogens with zero attached hydrogens (tertiary/aromatic N) is 1. The second-order valence-corrected chi connectivity index (χ2v) is 18.3. The summed E-state index contributed by atoms with van der Waals surface area (Å²) in [7, 11) is 0. The van der Waals surface area contributed by atoms with Crippen molar-refractivity contribution in [2.24, 2.45) is 5.92 Å². The lowest BCUT2D eigenvalue weighted by molar-refractivity contribution is 0.408. The molecule has 0 saturated heterocycles. The first-order chi connectivity index (χ1) is 30.3. The molecule has 5 aliphatic rings. The summed E-state index contributed by atoms with van der Waals surface area (Å²) in [6.07, 6.45) is 15.0. The van der Waals surface area contributed by atoms with Crippen LogP contribution in [0, 0.1) is 19.8 Å². The molecule has 0 amide bonds. The van der Waals surface area contributed by atoms with Gasteiger partial charge in [0.1, 0.15) is 0 Å². The summed E-state index contributed by atoms with van der Waals surface area (Å²) in [6.45, 7) is 11.4. The first-order valence-electron chi connectivity index (χ1n) is 22.4. The SMILES string of the molecule is CC1=CC=C2c3ccc(N4c5ccccc5C5C=CC=CC54)cc3C(C)(C)C2C1.Cc1ccc2c(c1)-c1ccccc1C2(c1ccccc1)c1ccccc1.Cc1ccccc1. The zero-order valence-corrected chi connectivity index (χ0v) is 36.6. The van der Waals surface area contributed by atoms with E-state index in [-0.39, 0.29) is 10.8 Å². The Bertz CT molecular complexity index is 2850. The van der Waals surface area contributed by atoms with Crippen molar-refractivity contribution in [1.82, 2.24) is 0 Å². The van der Waals surface area contributed by atoms with Crippen LogP contribution in [0.2, 0.25) is 0 Å². The van der Waals surface area contributed by atoms with Gasteiger partial charge < -0.3 is 4.90 Å². The minimum absolute atomic E-state index is 0.160. The van der Waals surface area contributed by atoms with Crippen molar-refractivity contribution in [2.75, 3.05) is 4.90 Å². The number of allylic oxidation sites excluding steroid dienone is 6. The van der Waals surface area contributed by atoms with Gasteiger partial charge in [-0.25, -0.2) is 0 Å². The Morgan fingerprint density at radius 2 is 1.13 bits per heavy atom. The van der Waals surface area contributed by atoms with Crippen LogP contribution in [0.15, 0.2) is 218 Å². The van der Waals surface area contributed by atoms with Gasteiger partial charge in [-0.15, -0.1) is 0 Å². The third kappa shape index (κ3) is 6.54.